The van der Waals surface area contributed by atoms with Crippen molar-refractivity contribution in [1.82, 2.24) is 14.8 Å². The Hall–Kier alpha value is -3.21. The van der Waals surface area contributed by atoms with E-state index in [4.69, 9.17) is 9.47 Å². The van der Waals surface area contributed by atoms with Crippen molar-refractivity contribution in [1.29, 1.82) is 0 Å². The first kappa shape index (κ1) is 21.0. The number of hydrogen-bond donors (Lipinski definition) is 1. The first-order valence-electron chi connectivity index (χ1n) is 9.29. The van der Waals surface area contributed by atoms with E-state index in [1.54, 1.807) is 18.2 Å². The van der Waals surface area contributed by atoms with Crippen molar-refractivity contribution in [3.05, 3.63) is 54.6 Å². The molecule has 0 aliphatic carbocycles. The Morgan fingerprint density at radius 1 is 1.13 bits per heavy atom. The molecule has 1 aromatic heterocycles. The third kappa shape index (κ3) is 5.10. The monoisotopic (exact) mass is 450 g/mol. The molecule has 7 nitrogen and oxygen atoms in total. The van der Waals surface area contributed by atoms with Crippen molar-refractivity contribution in [3.8, 4) is 17.2 Å². The number of anilines is 1. The normalized spacial score (nSPS) is 13.5. The van der Waals surface area contributed by atoms with Gasteiger partial charge in [0.05, 0.1) is 35.9 Å². The largest absolute Gasteiger partial charge is 0.490 e. The summed E-state index contributed by atoms with van der Waals surface area (Å²) in [4.78, 5) is 17.1. The Morgan fingerprint density at radius 2 is 1.94 bits per heavy atom. The van der Waals surface area contributed by atoms with Gasteiger partial charge in [-0.1, -0.05) is 0 Å². The van der Waals surface area contributed by atoms with Crippen LogP contribution < -0.4 is 14.8 Å². The average molecular weight is 450 g/mol. The van der Waals surface area contributed by atoms with Crippen molar-refractivity contribution in [3.63, 3.8) is 0 Å². The van der Waals surface area contributed by atoms with E-state index in [0.717, 1.165) is 23.4 Å². The van der Waals surface area contributed by atoms with Gasteiger partial charge in [0, 0.05) is 11.3 Å². The van der Waals surface area contributed by atoms with E-state index in [0.29, 0.717) is 24.7 Å². The lowest BCUT2D eigenvalue weighted by Gasteiger charge is -2.14. The van der Waals surface area contributed by atoms with Crippen LogP contribution in [0.3, 0.4) is 0 Å². The van der Waals surface area contributed by atoms with Crippen molar-refractivity contribution >= 4 is 23.4 Å². The number of thioether (sulfide) groups is 1. The number of carbonyl (C=O) groups is 1. The summed E-state index contributed by atoms with van der Waals surface area (Å²) in [5, 5.41) is 6.48. The molecule has 1 aliphatic heterocycles. The maximum atomic E-state index is 13.1. The number of amides is 1. The smallest absolute Gasteiger partial charge is 0.416 e. The molecule has 0 fully saturated rings. The molecule has 1 N–H and O–H groups in total. The minimum Gasteiger partial charge on any atom is -0.490 e. The fourth-order valence-electron chi connectivity index (χ4n) is 2.91. The van der Waals surface area contributed by atoms with Gasteiger partial charge in [0.2, 0.25) is 5.91 Å². The highest BCUT2D eigenvalue weighted by molar-refractivity contribution is 8.00. The van der Waals surface area contributed by atoms with Gasteiger partial charge in [0.15, 0.2) is 11.5 Å². The first-order valence-corrected chi connectivity index (χ1v) is 10.3. The number of nitrogens with one attached hydrogen (secondary N) is 1. The molecule has 3 aromatic rings. The SMILES string of the molecule is O=C(CSc1ccc2c(c1)OCCCO2)Nc1cc(C(F)(F)F)ccc1-n1cncn1. The van der Waals surface area contributed by atoms with E-state index in [2.05, 4.69) is 15.4 Å². The Morgan fingerprint density at radius 3 is 2.68 bits per heavy atom. The van der Waals surface area contributed by atoms with Gasteiger partial charge in [-0.25, -0.2) is 9.67 Å². The van der Waals surface area contributed by atoms with Crippen LogP contribution in [0.5, 0.6) is 11.5 Å². The number of nitrogens with zero attached hydrogens (tertiary/aromatic N) is 3. The summed E-state index contributed by atoms with van der Waals surface area (Å²) in [5.74, 6) is 0.784. The van der Waals surface area contributed by atoms with Crippen LogP contribution in [0.25, 0.3) is 5.69 Å². The second-order valence-corrected chi connectivity index (χ2v) is 7.61. The van der Waals surface area contributed by atoms with Crippen LogP contribution in [0.2, 0.25) is 0 Å². The Kier molecular flexibility index (Phi) is 6.03. The lowest BCUT2D eigenvalue weighted by Crippen LogP contribution is -2.17. The maximum absolute atomic E-state index is 13.1. The molecule has 11 heteroatoms. The van der Waals surface area contributed by atoms with E-state index >= 15 is 0 Å². The van der Waals surface area contributed by atoms with Crippen molar-refractivity contribution in [2.75, 3.05) is 24.3 Å². The van der Waals surface area contributed by atoms with Gasteiger partial charge >= 0.3 is 6.18 Å². The summed E-state index contributed by atoms with van der Waals surface area (Å²) in [6.07, 6.45) is -1.17. The number of carbonyl (C=O) groups excluding carboxylic acids is 1. The molecule has 1 amide bonds. The van der Waals surface area contributed by atoms with Gasteiger partial charge in [-0.3, -0.25) is 4.79 Å². The average Bonchev–Trinajstić information content (AvgIpc) is 3.17. The van der Waals surface area contributed by atoms with Crippen molar-refractivity contribution in [2.24, 2.45) is 0 Å². The quantitative estimate of drug-likeness (QED) is 0.588. The zero-order valence-corrected chi connectivity index (χ0v) is 16.9. The van der Waals surface area contributed by atoms with Gasteiger partial charge in [0.25, 0.3) is 0 Å². The van der Waals surface area contributed by atoms with Crippen LogP contribution in [0, 0.1) is 0 Å². The molecule has 0 radical (unpaired) electrons. The second kappa shape index (κ2) is 8.88. The minimum absolute atomic E-state index is 0.00726. The van der Waals surface area contributed by atoms with Crippen molar-refractivity contribution in [2.45, 2.75) is 17.5 Å². The highest BCUT2D eigenvalue weighted by Gasteiger charge is 2.31. The molecule has 0 spiro atoms. The number of rotatable bonds is 5. The Balaban J connectivity index is 1.48. The number of hydrogen-bond acceptors (Lipinski definition) is 6. The predicted molar refractivity (Wildman–Crippen MR) is 108 cm³/mol. The molecular weight excluding hydrogens is 433 g/mol. The summed E-state index contributed by atoms with van der Waals surface area (Å²) in [7, 11) is 0. The van der Waals surface area contributed by atoms with E-state index in [9.17, 15) is 18.0 Å². The summed E-state index contributed by atoms with van der Waals surface area (Å²) < 4.78 is 51.9. The minimum atomic E-state index is -4.54. The van der Waals surface area contributed by atoms with E-state index < -0.39 is 17.6 Å². The highest BCUT2D eigenvalue weighted by atomic mass is 32.2. The van der Waals surface area contributed by atoms with Crippen LogP contribution in [-0.2, 0) is 11.0 Å². The number of fused-ring (bicyclic) bond motifs is 1. The summed E-state index contributed by atoms with van der Waals surface area (Å²) in [5.41, 5.74) is -0.605. The van der Waals surface area contributed by atoms with Gasteiger partial charge < -0.3 is 14.8 Å². The van der Waals surface area contributed by atoms with Crippen LogP contribution in [-0.4, -0.2) is 39.6 Å². The predicted octanol–water partition coefficient (Wildman–Crippen LogP) is 4.18. The van der Waals surface area contributed by atoms with Crippen LogP contribution >= 0.6 is 11.8 Å². The number of alkyl halides is 3. The molecule has 0 unspecified atom stereocenters. The lowest BCUT2D eigenvalue weighted by molar-refractivity contribution is -0.137. The molecule has 4 rings (SSSR count). The number of benzene rings is 2. The number of aromatic nitrogens is 3. The summed E-state index contributed by atoms with van der Waals surface area (Å²) >= 11 is 1.24. The first-order chi connectivity index (χ1) is 14.9. The van der Waals surface area contributed by atoms with E-state index in [-0.39, 0.29) is 17.1 Å². The van der Waals surface area contributed by atoms with Gasteiger partial charge in [-0.2, -0.15) is 18.3 Å². The second-order valence-electron chi connectivity index (χ2n) is 6.57. The Labute approximate surface area is 179 Å². The molecule has 2 heterocycles. The molecule has 0 saturated heterocycles. The van der Waals surface area contributed by atoms with Crippen molar-refractivity contribution < 1.29 is 27.4 Å². The fraction of sp³-hybridized carbons (Fsp3) is 0.250. The molecule has 2 aromatic carbocycles. The molecule has 31 heavy (non-hydrogen) atoms. The summed E-state index contributed by atoms with van der Waals surface area (Å²) in [6.45, 7) is 1.12. The van der Waals surface area contributed by atoms with Gasteiger partial charge in [-0.05, 0) is 36.4 Å². The number of ether oxygens (including phenoxy) is 2. The van der Waals surface area contributed by atoms with Gasteiger partial charge in [-0.15, -0.1) is 11.8 Å². The lowest BCUT2D eigenvalue weighted by atomic mass is 10.1. The highest BCUT2D eigenvalue weighted by Crippen LogP contribution is 2.35. The topological polar surface area (TPSA) is 78.3 Å². The summed E-state index contributed by atoms with van der Waals surface area (Å²) in [6, 6.07) is 8.41. The van der Waals surface area contributed by atoms with Crippen LogP contribution in [0.4, 0.5) is 18.9 Å². The standard InChI is InChI=1S/C20H17F3N4O3S/c21-20(22,23)13-2-4-16(27-12-24-11-25-27)15(8-13)26-19(28)10-31-14-3-5-17-18(9-14)30-7-1-6-29-17/h2-5,8-9,11-12H,1,6-7,10H2,(H,26,28). The van der Waals surface area contributed by atoms with Crippen LogP contribution in [0.1, 0.15) is 12.0 Å². The van der Waals surface area contributed by atoms with E-state index in [1.807, 2.05) is 0 Å². The number of halogens is 3. The molecular formula is C20H17F3N4O3S. The molecule has 0 saturated carbocycles. The molecule has 0 bridgehead atoms. The zero-order valence-electron chi connectivity index (χ0n) is 16.1. The Bertz CT molecular complexity index is 1070. The third-order valence-corrected chi connectivity index (χ3v) is 5.35. The molecule has 162 valence electrons. The maximum Gasteiger partial charge on any atom is 0.416 e. The fourth-order valence-corrected chi connectivity index (χ4v) is 3.64. The van der Waals surface area contributed by atoms with Gasteiger partial charge in [0.1, 0.15) is 12.7 Å². The molecule has 1 aliphatic rings. The molecule has 0 atom stereocenters. The third-order valence-electron chi connectivity index (χ3n) is 4.35. The van der Waals surface area contributed by atoms with E-state index in [1.165, 1.54) is 35.2 Å². The van der Waals surface area contributed by atoms with Crippen LogP contribution in [0.15, 0.2) is 53.9 Å². The zero-order chi connectivity index (χ0) is 21.8.